The number of halogens is 1. The molecule has 0 saturated heterocycles. The fourth-order valence-electron chi connectivity index (χ4n) is 4.54. The van der Waals surface area contributed by atoms with Crippen molar-refractivity contribution >= 4 is 17.5 Å². The molecule has 35 heavy (non-hydrogen) atoms. The first-order chi connectivity index (χ1) is 17.1. The van der Waals surface area contributed by atoms with Gasteiger partial charge in [0.25, 0.3) is 0 Å². The Balaban J connectivity index is 1.63. The van der Waals surface area contributed by atoms with Crippen molar-refractivity contribution in [3.63, 3.8) is 0 Å². The van der Waals surface area contributed by atoms with Crippen molar-refractivity contribution in [1.29, 1.82) is 0 Å². The summed E-state index contributed by atoms with van der Waals surface area (Å²) < 4.78 is 7.19. The molecule has 1 fully saturated rings. The Labute approximate surface area is 211 Å². The zero-order valence-corrected chi connectivity index (χ0v) is 21.1. The van der Waals surface area contributed by atoms with E-state index in [4.69, 9.17) is 26.4 Å². The van der Waals surface area contributed by atoms with Crippen molar-refractivity contribution in [3.05, 3.63) is 59.9 Å². The number of nitrogens with zero attached hydrogens (tertiary/aromatic N) is 5. The quantitative estimate of drug-likeness (QED) is 0.334. The first-order valence-electron chi connectivity index (χ1n) is 12.2. The summed E-state index contributed by atoms with van der Waals surface area (Å²) in [5.74, 6) is 2.09. The third kappa shape index (κ3) is 6.09. The van der Waals surface area contributed by atoms with Gasteiger partial charge in [-0.3, -0.25) is 9.78 Å². The molecule has 1 aliphatic rings. The molecule has 184 valence electrons. The molecule has 2 aromatic heterocycles. The summed E-state index contributed by atoms with van der Waals surface area (Å²) in [6.07, 6.45) is 13.3. The van der Waals surface area contributed by atoms with E-state index >= 15 is 0 Å². The van der Waals surface area contributed by atoms with Crippen LogP contribution in [0.4, 0.5) is 0 Å². The molecule has 4 rings (SSSR count). The van der Waals surface area contributed by atoms with Crippen LogP contribution < -0.4 is 4.74 Å². The zero-order chi connectivity index (χ0) is 24.6. The van der Waals surface area contributed by atoms with Gasteiger partial charge in [0.2, 0.25) is 5.91 Å². The van der Waals surface area contributed by atoms with E-state index < -0.39 is 0 Å². The number of hydrogen-bond acceptors (Lipinski definition) is 5. The van der Waals surface area contributed by atoms with E-state index in [2.05, 4.69) is 18.0 Å². The first kappa shape index (κ1) is 24.9. The van der Waals surface area contributed by atoms with Gasteiger partial charge in [0, 0.05) is 42.5 Å². The molecular formula is C27H32ClN5O2. The van der Waals surface area contributed by atoms with Crippen LogP contribution in [0.25, 0.3) is 22.8 Å². The van der Waals surface area contributed by atoms with Crippen molar-refractivity contribution in [2.24, 2.45) is 0 Å². The fraction of sp³-hybridized carbons (Fsp3) is 0.407. The van der Waals surface area contributed by atoms with Gasteiger partial charge in [0.15, 0.2) is 11.6 Å². The lowest BCUT2D eigenvalue weighted by Gasteiger charge is -2.29. The molecule has 0 unspecified atom stereocenters. The molecule has 2 heterocycles. The topological polar surface area (TPSA) is 73.1 Å². The zero-order valence-electron chi connectivity index (χ0n) is 20.4. The number of ether oxygens (including phenoxy) is 1. The lowest BCUT2D eigenvalue weighted by Crippen LogP contribution is -2.40. The van der Waals surface area contributed by atoms with E-state index in [0.29, 0.717) is 48.0 Å². The Morgan fingerprint density at radius 3 is 2.63 bits per heavy atom. The molecule has 8 heteroatoms. The van der Waals surface area contributed by atoms with Crippen molar-refractivity contribution in [2.45, 2.75) is 58.0 Å². The highest BCUT2D eigenvalue weighted by Crippen LogP contribution is 2.31. The highest BCUT2D eigenvalue weighted by atomic mass is 35.5. The maximum Gasteiger partial charge on any atom is 0.226 e. The highest BCUT2D eigenvalue weighted by molar-refractivity contribution is 6.32. The summed E-state index contributed by atoms with van der Waals surface area (Å²) in [7, 11) is 1.59. The lowest BCUT2D eigenvalue weighted by molar-refractivity contribution is -0.132. The molecular weight excluding hydrogens is 462 g/mol. The maximum absolute atomic E-state index is 13.1. The second-order valence-electron chi connectivity index (χ2n) is 8.68. The number of carbonyl (C=O) groups is 1. The normalized spacial score (nSPS) is 14.0. The molecule has 0 spiro atoms. The summed E-state index contributed by atoms with van der Waals surface area (Å²) in [5, 5.41) is 5.32. The van der Waals surface area contributed by atoms with Crippen molar-refractivity contribution < 1.29 is 9.53 Å². The fourth-order valence-corrected chi connectivity index (χ4v) is 4.80. The summed E-state index contributed by atoms with van der Waals surface area (Å²) in [6, 6.07) is 9.66. The van der Waals surface area contributed by atoms with Crippen LogP contribution in [-0.2, 0) is 11.3 Å². The summed E-state index contributed by atoms with van der Waals surface area (Å²) in [4.78, 5) is 24.1. The van der Waals surface area contributed by atoms with Crippen molar-refractivity contribution in [2.75, 3.05) is 13.7 Å². The molecule has 0 atom stereocenters. The van der Waals surface area contributed by atoms with Crippen molar-refractivity contribution in [3.8, 4) is 28.5 Å². The molecule has 0 radical (unpaired) electrons. The number of amides is 1. The second-order valence-corrected chi connectivity index (χ2v) is 9.08. The SMILES string of the molecule is CC/C=C/CC(=O)N(CCn1nc(-c2ccncc2)nc1-c1ccc(OC)c(Cl)c1)C1CCCC1. The Morgan fingerprint density at radius 2 is 1.94 bits per heavy atom. The number of aromatic nitrogens is 4. The van der Waals surface area contributed by atoms with Crippen LogP contribution in [0.2, 0.25) is 5.02 Å². The molecule has 1 saturated carbocycles. The van der Waals surface area contributed by atoms with Gasteiger partial charge in [0.1, 0.15) is 5.75 Å². The number of rotatable bonds is 10. The first-order valence-corrected chi connectivity index (χ1v) is 12.6. The van der Waals surface area contributed by atoms with Gasteiger partial charge in [0.05, 0.1) is 18.7 Å². The molecule has 7 nitrogen and oxygen atoms in total. The minimum absolute atomic E-state index is 0.171. The monoisotopic (exact) mass is 493 g/mol. The highest BCUT2D eigenvalue weighted by Gasteiger charge is 2.26. The molecule has 0 bridgehead atoms. The number of methoxy groups -OCH3 is 1. The number of hydrogen-bond donors (Lipinski definition) is 0. The van der Waals surface area contributed by atoms with Crippen LogP contribution in [0.3, 0.4) is 0 Å². The van der Waals surface area contributed by atoms with Crippen LogP contribution in [0.5, 0.6) is 5.75 Å². The van der Waals surface area contributed by atoms with Crippen LogP contribution in [0.1, 0.15) is 45.4 Å². The van der Waals surface area contributed by atoms with Crippen LogP contribution in [0, 0.1) is 0 Å². The van der Waals surface area contributed by atoms with E-state index in [9.17, 15) is 4.79 Å². The van der Waals surface area contributed by atoms with Gasteiger partial charge < -0.3 is 9.64 Å². The van der Waals surface area contributed by atoms with Gasteiger partial charge >= 0.3 is 0 Å². The Hall–Kier alpha value is -3.19. The molecule has 1 aromatic carbocycles. The van der Waals surface area contributed by atoms with Gasteiger partial charge in [-0.2, -0.15) is 5.10 Å². The minimum Gasteiger partial charge on any atom is -0.495 e. The van der Waals surface area contributed by atoms with E-state index in [0.717, 1.165) is 30.4 Å². The molecule has 3 aromatic rings. The average molecular weight is 494 g/mol. The number of benzene rings is 1. The number of carbonyl (C=O) groups excluding carboxylic acids is 1. The average Bonchev–Trinajstić information content (AvgIpc) is 3.56. The summed E-state index contributed by atoms with van der Waals surface area (Å²) in [5.41, 5.74) is 1.72. The number of allylic oxidation sites excluding steroid dienone is 1. The Kier molecular flexibility index (Phi) is 8.53. The van der Waals surface area contributed by atoms with E-state index in [-0.39, 0.29) is 5.91 Å². The Bertz CT molecular complexity index is 1160. The predicted molar refractivity (Wildman–Crippen MR) is 138 cm³/mol. The standard InChI is InChI=1S/C27H32ClN5O2/c1-3-4-5-10-25(34)32(22-8-6-7-9-22)17-18-33-27(21-11-12-24(35-2)23(28)19-21)30-26(31-33)20-13-15-29-16-14-20/h4-5,11-16,19,22H,3,6-10,17-18H2,1-2H3/b5-4+. The van der Waals surface area contributed by atoms with Crippen LogP contribution >= 0.6 is 11.6 Å². The van der Waals surface area contributed by atoms with Crippen LogP contribution in [-0.4, -0.2) is 50.3 Å². The van der Waals surface area contributed by atoms with Crippen molar-refractivity contribution in [1.82, 2.24) is 24.6 Å². The third-order valence-electron chi connectivity index (χ3n) is 6.35. The van der Waals surface area contributed by atoms with Gasteiger partial charge in [-0.15, -0.1) is 0 Å². The summed E-state index contributed by atoms with van der Waals surface area (Å²) in [6.45, 7) is 3.20. The number of pyridine rings is 1. The molecule has 0 aliphatic heterocycles. The van der Waals surface area contributed by atoms with Gasteiger partial charge in [-0.25, -0.2) is 9.67 Å². The minimum atomic E-state index is 0.171. The smallest absolute Gasteiger partial charge is 0.226 e. The van der Waals surface area contributed by atoms with Gasteiger partial charge in [-0.05, 0) is 49.6 Å². The second kappa shape index (κ2) is 12.0. The predicted octanol–water partition coefficient (Wildman–Crippen LogP) is 5.80. The molecule has 0 N–H and O–H groups in total. The van der Waals surface area contributed by atoms with Crippen LogP contribution in [0.15, 0.2) is 54.9 Å². The van der Waals surface area contributed by atoms with E-state index in [1.807, 2.05) is 46.0 Å². The molecule has 1 amide bonds. The van der Waals surface area contributed by atoms with Gasteiger partial charge in [-0.1, -0.05) is 43.5 Å². The van der Waals surface area contributed by atoms with E-state index in [1.54, 1.807) is 19.5 Å². The third-order valence-corrected chi connectivity index (χ3v) is 6.65. The summed E-state index contributed by atoms with van der Waals surface area (Å²) >= 11 is 6.42. The molecule has 1 aliphatic carbocycles. The lowest BCUT2D eigenvalue weighted by atomic mass is 10.2. The van der Waals surface area contributed by atoms with E-state index in [1.165, 1.54) is 12.8 Å². The Morgan fingerprint density at radius 1 is 1.17 bits per heavy atom. The maximum atomic E-state index is 13.1. The largest absolute Gasteiger partial charge is 0.495 e.